The van der Waals surface area contributed by atoms with Gasteiger partial charge in [0, 0.05) is 59.5 Å². The van der Waals surface area contributed by atoms with Crippen LogP contribution in [0.2, 0.25) is 0 Å². The number of aliphatic imine (C=N–C) groups is 1. The Bertz CT molecular complexity index is 455. The summed E-state index contributed by atoms with van der Waals surface area (Å²) in [7, 11) is 1.86. The molecule has 2 rings (SSSR count). The van der Waals surface area contributed by atoms with E-state index in [4.69, 9.17) is 4.74 Å². The number of hydrogen-bond donors (Lipinski definition) is 1. The van der Waals surface area contributed by atoms with Crippen LogP contribution < -0.4 is 5.32 Å². The van der Waals surface area contributed by atoms with Gasteiger partial charge in [-0.2, -0.15) is 0 Å². The summed E-state index contributed by atoms with van der Waals surface area (Å²) >= 11 is 0. The molecule has 0 atom stereocenters. The van der Waals surface area contributed by atoms with Crippen molar-refractivity contribution in [2.24, 2.45) is 4.99 Å². The Morgan fingerprint density at radius 3 is 2.57 bits per heavy atom. The molecule has 1 fully saturated rings. The van der Waals surface area contributed by atoms with Crippen molar-refractivity contribution in [1.82, 2.24) is 15.1 Å². The van der Waals surface area contributed by atoms with Gasteiger partial charge in [0.1, 0.15) is 0 Å². The molecular weight excluding hydrogens is 288 g/mol. The van der Waals surface area contributed by atoms with Crippen molar-refractivity contribution in [3.8, 4) is 0 Å². The highest BCUT2D eigenvalue weighted by atomic mass is 16.5. The van der Waals surface area contributed by atoms with E-state index < -0.39 is 0 Å². The second-order valence-electron chi connectivity index (χ2n) is 5.77. The topological polar surface area (TPSA) is 40.1 Å². The fraction of sp³-hybridized carbons (Fsp3) is 0.611. The lowest BCUT2D eigenvalue weighted by Crippen LogP contribution is -2.52. The summed E-state index contributed by atoms with van der Waals surface area (Å²) in [5, 5.41) is 3.44. The van der Waals surface area contributed by atoms with E-state index in [-0.39, 0.29) is 0 Å². The van der Waals surface area contributed by atoms with Crippen LogP contribution in [0.3, 0.4) is 0 Å². The van der Waals surface area contributed by atoms with E-state index in [2.05, 4.69) is 50.4 Å². The molecular formula is C18H30N4O. The van der Waals surface area contributed by atoms with Gasteiger partial charge in [-0.25, -0.2) is 0 Å². The summed E-state index contributed by atoms with van der Waals surface area (Å²) in [6.07, 6.45) is 1.01. The van der Waals surface area contributed by atoms with Gasteiger partial charge in [-0.05, 0) is 18.9 Å². The monoisotopic (exact) mass is 318 g/mol. The molecule has 0 bridgehead atoms. The predicted octanol–water partition coefficient (Wildman–Crippen LogP) is 1.81. The van der Waals surface area contributed by atoms with Crippen LogP contribution in [0.15, 0.2) is 35.3 Å². The van der Waals surface area contributed by atoms with Gasteiger partial charge in [0.05, 0.1) is 0 Å². The summed E-state index contributed by atoms with van der Waals surface area (Å²) in [5.74, 6) is 1.01. The van der Waals surface area contributed by atoms with Crippen molar-refractivity contribution in [2.45, 2.75) is 19.9 Å². The zero-order valence-corrected chi connectivity index (χ0v) is 14.5. The van der Waals surface area contributed by atoms with E-state index in [1.807, 2.05) is 14.0 Å². The van der Waals surface area contributed by atoms with Crippen molar-refractivity contribution in [3.05, 3.63) is 35.9 Å². The number of rotatable bonds is 7. The zero-order chi connectivity index (χ0) is 16.3. The standard InChI is InChI=1S/C18H30N4O/c1-3-23-15-7-10-20-18(19-2)22-13-11-21(12-14-22)16-17-8-5-4-6-9-17/h4-6,8-9H,3,7,10-16H2,1-2H3,(H,19,20). The summed E-state index contributed by atoms with van der Waals surface area (Å²) in [6.45, 7) is 9.79. The molecule has 0 saturated carbocycles. The molecule has 1 N–H and O–H groups in total. The van der Waals surface area contributed by atoms with Crippen LogP contribution >= 0.6 is 0 Å². The van der Waals surface area contributed by atoms with E-state index in [0.29, 0.717) is 0 Å². The lowest BCUT2D eigenvalue weighted by molar-refractivity contribution is 0.145. The van der Waals surface area contributed by atoms with Crippen molar-refractivity contribution in [2.75, 3.05) is 53.0 Å². The second kappa shape index (κ2) is 10.2. The third-order valence-corrected chi connectivity index (χ3v) is 4.09. The van der Waals surface area contributed by atoms with Gasteiger partial charge >= 0.3 is 0 Å². The number of nitrogens with zero attached hydrogens (tertiary/aromatic N) is 3. The summed E-state index contributed by atoms with van der Waals surface area (Å²) in [6, 6.07) is 10.7. The van der Waals surface area contributed by atoms with Gasteiger partial charge in [-0.3, -0.25) is 9.89 Å². The molecule has 128 valence electrons. The molecule has 0 aromatic heterocycles. The number of benzene rings is 1. The largest absolute Gasteiger partial charge is 0.382 e. The van der Waals surface area contributed by atoms with Crippen LogP contribution in [-0.2, 0) is 11.3 Å². The number of piperazine rings is 1. The van der Waals surface area contributed by atoms with Crippen LogP contribution in [0, 0.1) is 0 Å². The Balaban J connectivity index is 1.69. The first-order valence-electron chi connectivity index (χ1n) is 8.63. The summed E-state index contributed by atoms with van der Waals surface area (Å²) < 4.78 is 5.36. The average molecular weight is 318 g/mol. The van der Waals surface area contributed by atoms with E-state index in [1.165, 1.54) is 5.56 Å². The highest BCUT2D eigenvalue weighted by Gasteiger charge is 2.19. The average Bonchev–Trinajstić information content (AvgIpc) is 2.60. The summed E-state index contributed by atoms with van der Waals surface area (Å²) in [5.41, 5.74) is 1.39. The van der Waals surface area contributed by atoms with Gasteiger partial charge in [0.15, 0.2) is 5.96 Å². The van der Waals surface area contributed by atoms with Crippen molar-refractivity contribution < 1.29 is 4.74 Å². The molecule has 1 aliphatic heterocycles. The molecule has 0 unspecified atom stereocenters. The maximum absolute atomic E-state index is 5.36. The predicted molar refractivity (Wildman–Crippen MR) is 95.8 cm³/mol. The molecule has 5 nitrogen and oxygen atoms in total. The van der Waals surface area contributed by atoms with Gasteiger partial charge in [-0.1, -0.05) is 30.3 Å². The summed E-state index contributed by atoms with van der Waals surface area (Å²) in [4.78, 5) is 9.27. The molecule has 1 saturated heterocycles. The van der Waals surface area contributed by atoms with Gasteiger partial charge in [0.2, 0.25) is 0 Å². The Hall–Kier alpha value is -1.59. The number of hydrogen-bond acceptors (Lipinski definition) is 3. The molecule has 1 heterocycles. The maximum atomic E-state index is 5.36. The van der Waals surface area contributed by atoms with Crippen LogP contribution in [0.5, 0.6) is 0 Å². The third kappa shape index (κ3) is 6.20. The molecule has 0 radical (unpaired) electrons. The zero-order valence-electron chi connectivity index (χ0n) is 14.5. The Kier molecular flexibility index (Phi) is 7.90. The maximum Gasteiger partial charge on any atom is 0.193 e. The fourth-order valence-corrected chi connectivity index (χ4v) is 2.81. The molecule has 23 heavy (non-hydrogen) atoms. The van der Waals surface area contributed by atoms with E-state index in [0.717, 1.165) is 64.9 Å². The van der Waals surface area contributed by atoms with E-state index >= 15 is 0 Å². The van der Waals surface area contributed by atoms with Gasteiger partial charge in [-0.15, -0.1) is 0 Å². The minimum Gasteiger partial charge on any atom is -0.382 e. The quantitative estimate of drug-likeness (QED) is 0.473. The van der Waals surface area contributed by atoms with Gasteiger partial charge < -0.3 is 15.0 Å². The number of guanidine groups is 1. The minimum atomic E-state index is 0.790. The fourth-order valence-electron chi connectivity index (χ4n) is 2.81. The van der Waals surface area contributed by atoms with Crippen LogP contribution in [0.1, 0.15) is 18.9 Å². The first kappa shape index (κ1) is 17.8. The van der Waals surface area contributed by atoms with Crippen LogP contribution in [0.4, 0.5) is 0 Å². The van der Waals surface area contributed by atoms with E-state index in [9.17, 15) is 0 Å². The second-order valence-corrected chi connectivity index (χ2v) is 5.77. The smallest absolute Gasteiger partial charge is 0.193 e. The van der Waals surface area contributed by atoms with E-state index in [1.54, 1.807) is 0 Å². The lowest BCUT2D eigenvalue weighted by atomic mass is 10.2. The highest BCUT2D eigenvalue weighted by Crippen LogP contribution is 2.08. The molecule has 0 amide bonds. The normalized spacial score (nSPS) is 16.6. The molecule has 1 aliphatic rings. The molecule has 1 aromatic rings. The SMILES string of the molecule is CCOCCCNC(=NC)N1CCN(Cc2ccccc2)CC1. The van der Waals surface area contributed by atoms with Crippen LogP contribution in [0.25, 0.3) is 0 Å². The minimum absolute atomic E-state index is 0.790. The third-order valence-electron chi connectivity index (χ3n) is 4.09. The highest BCUT2D eigenvalue weighted by molar-refractivity contribution is 5.79. The number of nitrogens with one attached hydrogen (secondary N) is 1. The molecule has 0 aliphatic carbocycles. The van der Waals surface area contributed by atoms with Crippen LogP contribution in [-0.4, -0.2) is 68.7 Å². The number of ether oxygens (including phenoxy) is 1. The molecule has 0 spiro atoms. The Morgan fingerprint density at radius 2 is 1.91 bits per heavy atom. The van der Waals surface area contributed by atoms with Gasteiger partial charge in [0.25, 0.3) is 0 Å². The molecule has 5 heteroatoms. The van der Waals surface area contributed by atoms with Crippen molar-refractivity contribution in [1.29, 1.82) is 0 Å². The lowest BCUT2D eigenvalue weighted by Gasteiger charge is -2.36. The Morgan fingerprint density at radius 1 is 1.17 bits per heavy atom. The molecule has 1 aromatic carbocycles. The first-order valence-corrected chi connectivity index (χ1v) is 8.63. The van der Waals surface area contributed by atoms with Crippen molar-refractivity contribution >= 4 is 5.96 Å². The first-order chi connectivity index (χ1) is 11.3. The van der Waals surface area contributed by atoms with Crippen molar-refractivity contribution in [3.63, 3.8) is 0 Å². The Labute approximate surface area is 140 Å².